The molecule has 1 saturated heterocycles. The van der Waals surface area contributed by atoms with E-state index in [-0.39, 0.29) is 18.6 Å². The summed E-state index contributed by atoms with van der Waals surface area (Å²) >= 11 is 5.79. The molecule has 1 aliphatic heterocycles. The molecule has 0 radical (unpaired) electrons. The summed E-state index contributed by atoms with van der Waals surface area (Å²) in [6.45, 7) is 1.27. The summed E-state index contributed by atoms with van der Waals surface area (Å²) in [7, 11) is 1.65. The second kappa shape index (κ2) is 6.84. The third-order valence-electron chi connectivity index (χ3n) is 2.97. The monoisotopic (exact) mass is 284 g/mol. The van der Waals surface area contributed by atoms with Crippen molar-refractivity contribution in [2.45, 2.75) is 18.9 Å². The third-order valence-corrected chi connectivity index (χ3v) is 3.18. The maximum Gasteiger partial charge on any atom is 0.253 e. The summed E-state index contributed by atoms with van der Waals surface area (Å²) < 4.78 is 10.8. The predicted octanol–water partition coefficient (Wildman–Crippen LogP) is 1.89. The first-order valence-corrected chi connectivity index (χ1v) is 6.63. The van der Waals surface area contributed by atoms with E-state index in [1.54, 1.807) is 25.2 Å². The van der Waals surface area contributed by atoms with Crippen LogP contribution in [-0.4, -0.2) is 43.9 Å². The zero-order valence-electron chi connectivity index (χ0n) is 10.8. The zero-order chi connectivity index (χ0) is 13.7. The summed E-state index contributed by atoms with van der Waals surface area (Å²) in [6, 6.07) is 5.14. The van der Waals surface area contributed by atoms with E-state index in [4.69, 9.17) is 21.1 Å². The van der Waals surface area contributed by atoms with Crippen LogP contribution in [-0.2, 0) is 14.3 Å². The van der Waals surface area contributed by atoms with Crippen LogP contribution in [0.5, 0.6) is 0 Å². The van der Waals surface area contributed by atoms with Gasteiger partial charge in [-0.2, -0.15) is 0 Å². The molecular formula is C13H17ClN2O3. The van der Waals surface area contributed by atoms with E-state index < -0.39 is 0 Å². The highest BCUT2D eigenvalue weighted by Crippen LogP contribution is 2.14. The summed E-state index contributed by atoms with van der Waals surface area (Å²) in [5, 5.41) is 0.359. The Morgan fingerprint density at radius 1 is 1.63 bits per heavy atom. The first-order valence-electron chi connectivity index (χ1n) is 6.25. The molecule has 1 atom stereocenters. The minimum absolute atomic E-state index is 0.0184. The van der Waals surface area contributed by atoms with Crippen LogP contribution in [0.4, 0.5) is 5.82 Å². The van der Waals surface area contributed by atoms with Gasteiger partial charge in [-0.15, -0.1) is 0 Å². The van der Waals surface area contributed by atoms with Crippen molar-refractivity contribution in [3.63, 3.8) is 0 Å². The molecule has 0 N–H and O–H groups in total. The van der Waals surface area contributed by atoms with Crippen LogP contribution in [0.1, 0.15) is 12.8 Å². The fourth-order valence-corrected chi connectivity index (χ4v) is 2.02. The topological polar surface area (TPSA) is 51.7 Å². The summed E-state index contributed by atoms with van der Waals surface area (Å²) in [6.07, 6.45) is 2.19. The Balaban J connectivity index is 1.78. The molecule has 1 aromatic rings. The molecule has 1 fully saturated rings. The highest BCUT2D eigenvalue weighted by molar-refractivity contribution is 6.29. The Morgan fingerprint density at radius 3 is 3.16 bits per heavy atom. The average Bonchev–Trinajstić information content (AvgIpc) is 2.91. The largest absolute Gasteiger partial charge is 0.376 e. The first kappa shape index (κ1) is 14.2. The number of halogens is 1. The van der Waals surface area contributed by atoms with Crippen LogP contribution in [0, 0.1) is 0 Å². The van der Waals surface area contributed by atoms with E-state index in [0.29, 0.717) is 17.6 Å². The van der Waals surface area contributed by atoms with Crippen LogP contribution in [0.25, 0.3) is 0 Å². The fraction of sp³-hybridized carbons (Fsp3) is 0.538. The number of anilines is 1. The number of pyridine rings is 1. The molecule has 0 aromatic carbocycles. The zero-order valence-corrected chi connectivity index (χ0v) is 11.6. The van der Waals surface area contributed by atoms with Crippen LogP contribution >= 0.6 is 11.6 Å². The maximum atomic E-state index is 11.9. The van der Waals surface area contributed by atoms with E-state index in [9.17, 15) is 4.79 Å². The molecule has 2 heterocycles. The molecule has 0 spiro atoms. The molecule has 1 aliphatic rings. The molecule has 0 bridgehead atoms. The Bertz CT molecular complexity index is 436. The van der Waals surface area contributed by atoms with Crippen molar-refractivity contribution in [3.8, 4) is 0 Å². The Morgan fingerprint density at radius 2 is 2.47 bits per heavy atom. The van der Waals surface area contributed by atoms with Crippen molar-refractivity contribution >= 4 is 23.3 Å². The SMILES string of the molecule is CN(C(=O)COCC1CCCO1)c1cccc(Cl)n1. The molecule has 0 saturated carbocycles. The van der Waals surface area contributed by atoms with Gasteiger partial charge in [0.1, 0.15) is 17.6 Å². The van der Waals surface area contributed by atoms with Gasteiger partial charge in [-0.25, -0.2) is 4.98 Å². The van der Waals surface area contributed by atoms with Gasteiger partial charge in [0.2, 0.25) is 0 Å². The number of nitrogens with zero attached hydrogens (tertiary/aromatic N) is 2. The minimum Gasteiger partial charge on any atom is -0.376 e. The van der Waals surface area contributed by atoms with Crippen molar-refractivity contribution < 1.29 is 14.3 Å². The third kappa shape index (κ3) is 4.16. The molecule has 1 unspecified atom stereocenters. The van der Waals surface area contributed by atoms with Gasteiger partial charge in [-0.3, -0.25) is 9.69 Å². The van der Waals surface area contributed by atoms with E-state index in [1.807, 2.05) is 0 Å². The van der Waals surface area contributed by atoms with Crippen LogP contribution in [0.15, 0.2) is 18.2 Å². The first-order chi connectivity index (χ1) is 9.16. The number of aromatic nitrogens is 1. The normalized spacial score (nSPS) is 18.5. The number of hydrogen-bond acceptors (Lipinski definition) is 4. The lowest BCUT2D eigenvalue weighted by Gasteiger charge is -2.17. The molecule has 5 nitrogen and oxygen atoms in total. The Kier molecular flexibility index (Phi) is 5.13. The van der Waals surface area contributed by atoms with Crippen LogP contribution in [0.2, 0.25) is 5.15 Å². The number of likely N-dealkylation sites (N-methyl/N-ethyl adjacent to an activating group) is 1. The van der Waals surface area contributed by atoms with Crippen LogP contribution < -0.4 is 4.90 Å². The summed E-state index contributed by atoms with van der Waals surface area (Å²) in [5.41, 5.74) is 0. The van der Waals surface area contributed by atoms with E-state index in [1.165, 1.54) is 4.90 Å². The summed E-state index contributed by atoms with van der Waals surface area (Å²) in [5.74, 6) is 0.353. The van der Waals surface area contributed by atoms with Crippen molar-refractivity contribution in [3.05, 3.63) is 23.4 Å². The molecular weight excluding hydrogens is 268 g/mol. The maximum absolute atomic E-state index is 11.9. The average molecular weight is 285 g/mol. The molecule has 104 valence electrons. The van der Waals surface area contributed by atoms with Gasteiger partial charge in [0.25, 0.3) is 5.91 Å². The highest BCUT2D eigenvalue weighted by Gasteiger charge is 2.17. The lowest BCUT2D eigenvalue weighted by Crippen LogP contribution is -2.32. The van der Waals surface area contributed by atoms with E-state index >= 15 is 0 Å². The summed E-state index contributed by atoms with van der Waals surface area (Å²) in [4.78, 5) is 17.4. The standard InChI is InChI=1S/C13H17ClN2O3/c1-16(12-6-2-5-11(14)15-12)13(17)9-18-8-10-4-3-7-19-10/h2,5-6,10H,3-4,7-9H2,1H3. The smallest absolute Gasteiger partial charge is 0.253 e. The molecule has 2 rings (SSSR count). The lowest BCUT2D eigenvalue weighted by atomic mass is 10.2. The number of hydrogen-bond donors (Lipinski definition) is 0. The number of amides is 1. The van der Waals surface area contributed by atoms with Gasteiger partial charge in [0.05, 0.1) is 12.7 Å². The highest BCUT2D eigenvalue weighted by atomic mass is 35.5. The van der Waals surface area contributed by atoms with Gasteiger partial charge in [0, 0.05) is 13.7 Å². The van der Waals surface area contributed by atoms with Crippen LogP contribution in [0.3, 0.4) is 0 Å². The van der Waals surface area contributed by atoms with Crippen molar-refractivity contribution in [2.75, 3.05) is 31.8 Å². The van der Waals surface area contributed by atoms with Gasteiger partial charge in [-0.1, -0.05) is 17.7 Å². The van der Waals surface area contributed by atoms with E-state index in [2.05, 4.69) is 4.98 Å². The molecule has 1 aromatic heterocycles. The van der Waals surface area contributed by atoms with Gasteiger partial charge < -0.3 is 9.47 Å². The molecule has 0 aliphatic carbocycles. The number of carbonyl (C=O) groups is 1. The predicted molar refractivity (Wildman–Crippen MR) is 72.5 cm³/mol. The Hall–Kier alpha value is -1.17. The fourth-order valence-electron chi connectivity index (χ4n) is 1.86. The van der Waals surface area contributed by atoms with Gasteiger partial charge in [-0.05, 0) is 25.0 Å². The number of rotatable bonds is 5. The quantitative estimate of drug-likeness (QED) is 0.775. The minimum atomic E-state index is -0.159. The molecule has 6 heteroatoms. The second-order valence-corrected chi connectivity index (χ2v) is 4.81. The van der Waals surface area contributed by atoms with Gasteiger partial charge >= 0.3 is 0 Å². The van der Waals surface area contributed by atoms with Crippen molar-refractivity contribution in [2.24, 2.45) is 0 Å². The van der Waals surface area contributed by atoms with Crippen molar-refractivity contribution in [1.82, 2.24) is 4.98 Å². The van der Waals surface area contributed by atoms with Crippen molar-refractivity contribution in [1.29, 1.82) is 0 Å². The lowest BCUT2D eigenvalue weighted by molar-refractivity contribution is -0.124. The number of ether oxygens (including phenoxy) is 2. The van der Waals surface area contributed by atoms with Gasteiger partial charge in [0.15, 0.2) is 0 Å². The van der Waals surface area contributed by atoms with E-state index in [0.717, 1.165) is 19.4 Å². The molecule has 19 heavy (non-hydrogen) atoms. The Labute approximate surface area is 117 Å². The second-order valence-electron chi connectivity index (χ2n) is 4.42. The molecule has 1 amide bonds. The number of carbonyl (C=O) groups excluding carboxylic acids is 1.